The van der Waals surface area contributed by atoms with E-state index in [0.717, 1.165) is 26.4 Å². The second-order valence-electron chi connectivity index (χ2n) is 3.13. The second-order valence-corrected chi connectivity index (χ2v) is 4.48. The molecule has 0 saturated carbocycles. The first-order valence-corrected chi connectivity index (χ1v) is 5.95. The lowest BCUT2D eigenvalue weighted by Crippen LogP contribution is -2.12. The van der Waals surface area contributed by atoms with E-state index in [9.17, 15) is 21.9 Å². The molecule has 6 nitrogen and oxygen atoms in total. The molecule has 0 amide bonds. The number of esters is 2. The highest BCUT2D eigenvalue weighted by Gasteiger charge is 2.22. The van der Waals surface area contributed by atoms with Crippen LogP contribution in [-0.2, 0) is 19.7 Å². The number of hydrogen-bond donors (Lipinski definition) is 0. The van der Waals surface area contributed by atoms with Crippen LogP contribution in [0.2, 0.25) is 0 Å². The molecule has 0 aliphatic carbocycles. The van der Waals surface area contributed by atoms with Crippen molar-refractivity contribution in [1.82, 2.24) is 0 Å². The van der Waals surface area contributed by atoms with Crippen LogP contribution in [0, 0.1) is 0 Å². The van der Waals surface area contributed by atoms with Gasteiger partial charge in [0.05, 0.1) is 30.2 Å². The Hall–Kier alpha value is -1.96. The van der Waals surface area contributed by atoms with E-state index in [-0.39, 0.29) is 11.1 Å². The van der Waals surface area contributed by atoms with Gasteiger partial charge in [-0.15, -0.1) is 3.89 Å². The number of methoxy groups -OCH3 is 2. The Kier molecular flexibility index (Phi) is 4.02. The molecule has 98 valence electrons. The summed E-state index contributed by atoms with van der Waals surface area (Å²) < 4.78 is 43.0. The van der Waals surface area contributed by atoms with Crippen molar-refractivity contribution in [3.05, 3.63) is 29.3 Å². The van der Waals surface area contributed by atoms with Crippen LogP contribution >= 0.6 is 0 Å². The lowest BCUT2D eigenvalue weighted by Gasteiger charge is -2.07. The molecule has 0 atom stereocenters. The summed E-state index contributed by atoms with van der Waals surface area (Å²) >= 11 is 0. The van der Waals surface area contributed by atoms with Crippen molar-refractivity contribution in [2.24, 2.45) is 0 Å². The number of carbonyl (C=O) groups excluding carboxylic acids is 2. The standard InChI is InChI=1S/C10H9FO6S/c1-16-9(12)7-4-3-6(18(11,14)15)5-8(7)10(13)17-2/h3-5H,1-2H3. The minimum Gasteiger partial charge on any atom is -0.465 e. The van der Waals surface area contributed by atoms with Crippen LogP contribution < -0.4 is 0 Å². The van der Waals surface area contributed by atoms with Crippen LogP contribution in [0.3, 0.4) is 0 Å². The Bertz CT molecular complexity index is 592. The average molecular weight is 276 g/mol. The van der Waals surface area contributed by atoms with E-state index < -0.39 is 27.1 Å². The van der Waals surface area contributed by atoms with E-state index in [2.05, 4.69) is 9.47 Å². The number of carbonyl (C=O) groups is 2. The van der Waals surface area contributed by atoms with Gasteiger partial charge in [-0.3, -0.25) is 0 Å². The molecule has 0 saturated heterocycles. The number of ether oxygens (including phenoxy) is 2. The molecule has 0 spiro atoms. The maximum absolute atomic E-state index is 12.8. The summed E-state index contributed by atoms with van der Waals surface area (Å²) in [6.07, 6.45) is 0. The van der Waals surface area contributed by atoms with Gasteiger partial charge in [0.25, 0.3) is 0 Å². The van der Waals surface area contributed by atoms with Gasteiger partial charge in [-0.25, -0.2) is 9.59 Å². The summed E-state index contributed by atoms with van der Waals surface area (Å²) in [6.45, 7) is 0. The average Bonchev–Trinajstić information content (AvgIpc) is 2.35. The first-order chi connectivity index (χ1) is 8.31. The van der Waals surface area contributed by atoms with Gasteiger partial charge in [0, 0.05) is 0 Å². The van der Waals surface area contributed by atoms with E-state index in [0.29, 0.717) is 6.07 Å². The summed E-state index contributed by atoms with van der Waals surface area (Å²) in [4.78, 5) is 22.0. The molecule has 0 aliphatic rings. The Morgan fingerprint density at radius 1 is 1.06 bits per heavy atom. The van der Waals surface area contributed by atoms with Crippen LogP contribution in [-0.4, -0.2) is 34.6 Å². The summed E-state index contributed by atoms with van der Waals surface area (Å²) in [5.41, 5.74) is -0.597. The SMILES string of the molecule is COC(=O)c1ccc(S(=O)(=O)F)cc1C(=O)OC. The van der Waals surface area contributed by atoms with Crippen LogP contribution in [0.1, 0.15) is 20.7 Å². The predicted molar refractivity (Wildman–Crippen MR) is 57.4 cm³/mol. The van der Waals surface area contributed by atoms with E-state index in [1.807, 2.05) is 0 Å². The lowest BCUT2D eigenvalue weighted by atomic mass is 10.1. The molecule has 0 fully saturated rings. The largest absolute Gasteiger partial charge is 0.465 e. The molecule has 1 rings (SSSR count). The smallest absolute Gasteiger partial charge is 0.338 e. The van der Waals surface area contributed by atoms with Gasteiger partial charge < -0.3 is 9.47 Å². The molecule has 1 aromatic carbocycles. The fraction of sp³-hybridized carbons (Fsp3) is 0.200. The van der Waals surface area contributed by atoms with E-state index >= 15 is 0 Å². The first kappa shape index (κ1) is 14.1. The van der Waals surface area contributed by atoms with Crippen LogP contribution in [0.25, 0.3) is 0 Å². The maximum atomic E-state index is 12.8. The molecule has 0 heterocycles. The van der Waals surface area contributed by atoms with Crippen molar-refractivity contribution >= 4 is 22.2 Å². The number of halogens is 1. The van der Waals surface area contributed by atoms with E-state index in [1.165, 1.54) is 0 Å². The Balaban J connectivity index is 3.48. The first-order valence-electron chi connectivity index (χ1n) is 4.56. The van der Waals surface area contributed by atoms with Crippen molar-refractivity contribution in [2.45, 2.75) is 4.90 Å². The van der Waals surface area contributed by atoms with E-state index in [1.54, 1.807) is 0 Å². The quantitative estimate of drug-likeness (QED) is 0.602. The fourth-order valence-electron chi connectivity index (χ4n) is 1.24. The minimum atomic E-state index is -4.98. The highest BCUT2D eigenvalue weighted by Crippen LogP contribution is 2.19. The van der Waals surface area contributed by atoms with Crippen molar-refractivity contribution in [2.75, 3.05) is 14.2 Å². The topological polar surface area (TPSA) is 86.7 Å². The van der Waals surface area contributed by atoms with Crippen molar-refractivity contribution in [1.29, 1.82) is 0 Å². The molecule has 0 aliphatic heterocycles. The normalized spacial score (nSPS) is 10.8. The van der Waals surface area contributed by atoms with Gasteiger partial charge in [-0.1, -0.05) is 0 Å². The van der Waals surface area contributed by atoms with Crippen molar-refractivity contribution in [3.8, 4) is 0 Å². The zero-order valence-electron chi connectivity index (χ0n) is 9.47. The molecule has 0 bridgehead atoms. The van der Waals surface area contributed by atoms with Gasteiger partial charge in [-0.2, -0.15) is 8.42 Å². The zero-order chi connectivity index (χ0) is 13.9. The van der Waals surface area contributed by atoms with Crippen LogP contribution in [0.15, 0.2) is 23.1 Å². The molecular formula is C10H9FO6S. The highest BCUT2D eigenvalue weighted by atomic mass is 32.3. The minimum absolute atomic E-state index is 0.211. The number of benzene rings is 1. The highest BCUT2D eigenvalue weighted by molar-refractivity contribution is 7.86. The number of hydrogen-bond acceptors (Lipinski definition) is 6. The Labute approximate surface area is 103 Å². The Morgan fingerprint density at radius 2 is 1.56 bits per heavy atom. The second kappa shape index (κ2) is 5.13. The zero-order valence-corrected chi connectivity index (χ0v) is 10.3. The van der Waals surface area contributed by atoms with Gasteiger partial charge in [-0.05, 0) is 18.2 Å². The van der Waals surface area contributed by atoms with Crippen molar-refractivity contribution < 1.29 is 31.4 Å². The van der Waals surface area contributed by atoms with E-state index in [4.69, 9.17) is 0 Å². The summed E-state index contributed by atoms with van der Waals surface area (Å²) in [7, 11) is -2.85. The van der Waals surface area contributed by atoms with Gasteiger partial charge >= 0.3 is 22.2 Å². The third kappa shape index (κ3) is 2.83. The molecule has 0 radical (unpaired) electrons. The van der Waals surface area contributed by atoms with Crippen LogP contribution in [0.5, 0.6) is 0 Å². The van der Waals surface area contributed by atoms with Gasteiger partial charge in [0.2, 0.25) is 0 Å². The van der Waals surface area contributed by atoms with Gasteiger partial charge in [0.15, 0.2) is 0 Å². The monoisotopic (exact) mass is 276 g/mol. The molecular weight excluding hydrogens is 267 g/mol. The Morgan fingerprint density at radius 3 is 2.00 bits per heavy atom. The fourth-order valence-corrected chi connectivity index (χ4v) is 1.73. The summed E-state index contributed by atoms with van der Waals surface area (Å²) in [5, 5.41) is 0. The maximum Gasteiger partial charge on any atom is 0.338 e. The summed E-state index contributed by atoms with van der Waals surface area (Å²) in [6, 6.07) is 2.55. The molecule has 0 N–H and O–H groups in total. The lowest BCUT2D eigenvalue weighted by molar-refractivity contribution is 0.0555. The molecule has 0 unspecified atom stereocenters. The molecule has 18 heavy (non-hydrogen) atoms. The predicted octanol–water partition coefficient (Wildman–Crippen LogP) is 0.918. The molecule has 1 aromatic rings. The summed E-state index contributed by atoms with van der Waals surface area (Å²) in [5.74, 6) is -1.83. The molecule has 0 aromatic heterocycles. The van der Waals surface area contributed by atoms with Crippen molar-refractivity contribution in [3.63, 3.8) is 0 Å². The number of rotatable bonds is 3. The van der Waals surface area contributed by atoms with Crippen LogP contribution in [0.4, 0.5) is 3.89 Å². The van der Waals surface area contributed by atoms with Gasteiger partial charge in [0.1, 0.15) is 0 Å². The third-order valence-electron chi connectivity index (χ3n) is 2.08. The third-order valence-corrected chi connectivity index (χ3v) is 2.90. The molecule has 8 heteroatoms.